The van der Waals surface area contributed by atoms with Crippen molar-refractivity contribution < 1.29 is 22.7 Å². The summed E-state index contributed by atoms with van der Waals surface area (Å²) in [5, 5.41) is 3.62. The van der Waals surface area contributed by atoms with Crippen LogP contribution in [0.25, 0.3) is 0 Å². The van der Waals surface area contributed by atoms with E-state index in [-0.39, 0.29) is 22.2 Å². The summed E-state index contributed by atoms with van der Waals surface area (Å²) in [6, 6.07) is 11.4. The van der Waals surface area contributed by atoms with Crippen LogP contribution in [0.1, 0.15) is 22.3 Å². The average molecular weight is 586 g/mol. The highest BCUT2D eigenvalue weighted by Gasteiger charge is 2.30. The van der Waals surface area contributed by atoms with Crippen LogP contribution in [0, 0.1) is 20.8 Å². The molecular weight excluding hydrogens is 559 g/mol. The molecule has 1 N–H and O–H groups in total. The number of anilines is 1. The van der Waals surface area contributed by atoms with Crippen LogP contribution < -0.4 is 14.8 Å². The Labute approximate surface area is 232 Å². The molecule has 0 saturated carbocycles. The van der Waals surface area contributed by atoms with E-state index in [4.69, 9.17) is 44.3 Å². The molecule has 3 rings (SSSR count). The molecular formula is C26H27Cl3N2O5S. The van der Waals surface area contributed by atoms with Gasteiger partial charge in [0.1, 0.15) is 11.5 Å². The van der Waals surface area contributed by atoms with Gasteiger partial charge in [0.15, 0.2) is 0 Å². The van der Waals surface area contributed by atoms with Gasteiger partial charge in [-0.1, -0.05) is 58.6 Å². The highest BCUT2D eigenvalue weighted by Crippen LogP contribution is 2.36. The summed E-state index contributed by atoms with van der Waals surface area (Å²) in [5.41, 5.74) is 2.95. The van der Waals surface area contributed by atoms with Gasteiger partial charge in [-0.3, -0.25) is 4.79 Å². The molecule has 11 heteroatoms. The van der Waals surface area contributed by atoms with Crippen molar-refractivity contribution in [2.24, 2.45) is 0 Å². The number of aryl methyl sites for hydroxylation is 3. The lowest BCUT2D eigenvalue weighted by Gasteiger charge is -2.24. The van der Waals surface area contributed by atoms with Crippen molar-refractivity contribution in [3.63, 3.8) is 0 Å². The van der Waals surface area contributed by atoms with E-state index in [0.717, 1.165) is 9.87 Å². The third kappa shape index (κ3) is 6.69. The second-order valence-corrected chi connectivity index (χ2v) is 11.6. The molecule has 37 heavy (non-hydrogen) atoms. The maximum absolute atomic E-state index is 13.9. The van der Waals surface area contributed by atoms with Crippen LogP contribution in [0.15, 0.2) is 47.4 Å². The van der Waals surface area contributed by atoms with Crippen molar-refractivity contribution in [2.45, 2.75) is 32.2 Å². The van der Waals surface area contributed by atoms with E-state index in [1.807, 2.05) is 6.92 Å². The smallest absolute Gasteiger partial charge is 0.244 e. The Balaban J connectivity index is 2.02. The zero-order chi connectivity index (χ0) is 27.5. The number of nitrogens with zero attached hydrogens (tertiary/aromatic N) is 1. The number of methoxy groups -OCH3 is 2. The number of hydrogen-bond donors (Lipinski definition) is 1. The minimum absolute atomic E-state index is 0.111. The molecule has 0 unspecified atom stereocenters. The van der Waals surface area contributed by atoms with Gasteiger partial charge in [0.25, 0.3) is 0 Å². The first-order valence-electron chi connectivity index (χ1n) is 11.1. The Bertz CT molecular complexity index is 1420. The molecule has 198 valence electrons. The van der Waals surface area contributed by atoms with Gasteiger partial charge in [0.05, 0.1) is 46.4 Å². The Hall–Kier alpha value is -2.49. The Morgan fingerprint density at radius 3 is 2.05 bits per heavy atom. The van der Waals surface area contributed by atoms with Crippen LogP contribution >= 0.6 is 34.8 Å². The summed E-state index contributed by atoms with van der Waals surface area (Å²) in [4.78, 5) is 13.3. The monoisotopic (exact) mass is 584 g/mol. The molecule has 0 aliphatic heterocycles. The molecule has 0 aromatic heterocycles. The first kappa shape index (κ1) is 29.1. The summed E-state index contributed by atoms with van der Waals surface area (Å²) in [6.45, 7) is 4.76. The molecule has 1 amide bonds. The molecule has 3 aromatic rings. The Morgan fingerprint density at radius 2 is 1.49 bits per heavy atom. The minimum atomic E-state index is -4.10. The summed E-state index contributed by atoms with van der Waals surface area (Å²) in [5.74, 6) is 0.0287. The second kappa shape index (κ2) is 11.9. The SMILES string of the molecule is COc1cc(NC(=O)CN(Cc2ccc(Cl)c(Cl)c2)S(=O)(=O)c2c(C)cc(C)cc2C)c(OC)cc1Cl. The van der Waals surface area contributed by atoms with Gasteiger partial charge in [-0.25, -0.2) is 8.42 Å². The number of hydrogen-bond acceptors (Lipinski definition) is 5. The van der Waals surface area contributed by atoms with Crippen molar-refractivity contribution in [1.29, 1.82) is 0 Å². The molecule has 0 fully saturated rings. The van der Waals surface area contributed by atoms with Gasteiger partial charge < -0.3 is 14.8 Å². The predicted molar refractivity (Wildman–Crippen MR) is 148 cm³/mol. The quantitative estimate of drug-likeness (QED) is 0.313. The number of rotatable bonds is 9. The molecule has 7 nitrogen and oxygen atoms in total. The van der Waals surface area contributed by atoms with Gasteiger partial charge in [0.2, 0.25) is 15.9 Å². The first-order valence-corrected chi connectivity index (χ1v) is 13.7. The molecule has 0 aliphatic carbocycles. The predicted octanol–water partition coefficient (Wildman–Crippen LogP) is 6.42. The number of nitrogens with one attached hydrogen (secondary N) is 1. The van der Waals surface area contributed by atoms with Crippen LogP contribution in [0.3, 0.4) is 0 Å². The number of benzene rings is 3. The van der Waals surface area contributed by atoms with Crippen LogP contribution in [0.2, 0.25) is 15.1 Å². The summed E-state index contributed by atoms with van der Waals surface area (Å²) in [6.07, 6.45) is 0. The fraction of sp³-hybridized carbons (Fsp3) is 0.269. The van der Waals surface area contributed by atoms with Crippen LogP contribution in [0.4, 0.5) is 5.69 Å². The average Bonchev–Trinajstić information content (AvgIpc) is 2.80. The highest BCUT2D eigenvalue weighted by molar-refractivity contribution is 7.89. The maximum atomic E-state index is 13.9. The molecule has 0 bridgehead atoms. The van der Waals surface area contributed by atoms with E-state index in [2.05, 4.69) is 5.32 Å². The number of sulfonamides is 1. The summed E-state index contributed by atoms with van der Waals surface area (Å²) >= 11 is 18.4. The molecule has 0 atom stereocenters. The van der Waals surface area contributed by atoms with Crippen LogP contribution in [0.5, 0.6) is 11.5 Å². The van der Waals surface area contributed by atoms with Gasteiger partial charge in [0, 0.05) is 18.7 Å². The number of carbonyl (C=O) groups excluding carboxylic acids is 1. The lowest BCUT2D eigenvalue weighted by atomic mass is 10.1. The molecule has 0 heterocycles. The number of carbonyl (C=O) groups is 1. The van der Waals surface area contributed by atoms with E-state index < -0.39 is 22.5 Å². The van der Waals surface area contributed by atoms with Crippen molar-refractivity contribution in [1.82, 2.24) is 4.31 Å². The van der Waals surface area contributed by atoms with Gasteiger partial charge >= 0.3 is 0 Å². The van der Waals surface area contributed by atoms with Gasteiger partial charge in [-0.2, -0.15) is 4.31 Å². The maximum Gasteiger partial charge on any atom is 0.244 e. The second-order valence-electron chi connectivity index (χ2n) is 8.48. The van der Waals surface area contributed by atoms with Gasteiger partial charge in [-0.15, -0.1) is 0 Å². The highest BCUT2D eigenvalue weighted by atomic mass is 35.5. The van der Waals surface area contributed by atoms with Crippen molar-refractivity contribution >= 4 is 56.4 Å². The topological polar surface area (TPSA) is 84.9 Å². The Morgan fingerprint density at radius 1 is 0.865 bits per heavy atom. The molecule has 0 spiro atoms. The number of amides is 1. The molecule has 3 aromatic carbocycles. The first-order chi connectivity index (χ1) is 17.4. The lowest BCUT2D eigenvalue weighted by Crippen LogP contribution is -2.38. The third-order valence-corrected chi connectivity index (χ3v) is 8.75. The van der Waals surface area contributed by atoms with E-state index in [1.54, 1.807) is 44.2 Å². The minimum Gasteiger partial charge on any atom is -0.495 e. The van der Waals surface area contributed by atoms with Crippen LogP contribution in [-0.2, 0) is 21.4 Å². The largest absolute Gasteiger partial charge is 0.495 e. The van der Waals surface area contributed by atoms with Crippen molar-refractivity contribution in [2.75, 3.05) is 26.1 Å². The zero-order valence-electron chi connectivity index (χ0n) is 21.0. The third-order valence-electron chi connectivity index (χ3n) is 5.61. The number of halogens is 3. The van der Waals surface area contributed by atoms with E-state index in [1.165, 1.54) is 26.4 Å². The molecule has 0 saturated heterocycles. The van der Waals surface area contributed by atoms with Crippen molar-refractivity contribution in [3.05, 3.63) is 79.8 Å². The zero-order valence-corrected chi connectivity index (χ0v) is 24.1. The van der Waals surface area contributed by atoms with Crippen molar-refractivity contribution in [3.8, 4) is 11.5 Å². The standard InChI is InChI=1S/C26H27Cl3N2O5S/c1-15-8-16(2)26(17(3)9-15)37(33,34)31(13-18-6-7-19(27)20(28)10-18)14-25(32)30-22-12-23(35-4)21(29)11-24(22)36-5/h6-12H,13-14H2,1-5H3,(H,30,32). The normalized spacial score (nSPS) is 11.5. The van der Waals surface area contributed by atoms with E-state index >= 15 is 0 Å². The summed E-state index contributed by atoms with van der Waals surface area (Å²) < 4.78 is 39.5. The number of ether oxygens (including phenoxy) is 2. The summed E-state index contributed by atoms with van der Waals surface area (Å²) in [7, 11) is -1.23. The Kier molecular flexibility index (Phi) is 9.37. The fourth-order valence-electron chi connectivity index (χ4n) is 4.08. The molecule has 0 radical (unpaired) electrons. The van der Waals surface area contributed by atoms with Crippen LogP contribution in [-0.4, -0.2) is 39.4 Å². The van der Waals surface area contributed by atoms with Gasteiger partial charge in [-0.05, 0) is 49.6 Å². The van der Waals surface area contributed by atoms with E-state index in [0.29, 0.717) is 38.2 Å². The van der Waals surface area contributed by atoms with E-state index in [9.17, 15) is 13.2 Å². The lowest BCUT2D eigenvalue weighted by molar-refractivity contribution is -0.116. The fourth-order valence-corrected chi connectivity index (χ4v) is 6.43. The molecule has 0 aliphatic rings.